The Balaban J connectivity index is 1.52. The SMILES string of the molecule is Cc1ccc(C)c(CN2C(=O)c3ccccc3S(=O)(=O)c3ccc(C(=O)NC(C)CCc4ccccc4)cc32)c1. The summed E-state index contributed by atoms with van der Waals surface area (Å²) in [6, 6.07) is 26.7. The largest absolute Gasteiger partial charge is 0.350 e. The van der Waals surface area contributed by atoms with Gasteiger partial charge in [-0.2, -0.15) is 0 Å². The second-order valence-electron chi connectivity index (χ2n) is 10.4. The van der Waals surface area contributed by atoms with Crippen LogP contribution in [0.4, 0.5) is 5.69 Å². The molecule has 0 aliphatic carbocycles. The third-order valence-corrected chi connectivity index (χ3v) is 9.23. The van der Waals surface area contributed by atoms with Gasteiger partial charge >= 0.3 is 0 Å². The Bertz CT molecular complexity index is 1700. The van der Waals surface area contributed by atoms with Gasteiger partial charge in [-0.05, 0) is 80.6 Å². The molecule has 2 amide bonds. The maximum atomic E-state index is 13.9. The summed E-state index contributed by atoms with van der Waals surface area (Å²) >= 11 is 0. The maximum Gasteiger partial charge on any atom is 0.259 e. The fourth-order valence-corrected chi connectivity index (χ4v) is 6.68. The third-order valence-electron chi connectivity index (χ3n) is 7.37. The van der Waals surface area contributed by atoms with Crippen molar-refractivity contribution in [1.29, 1.82) is 0 Å². The van der Waals surface area contributed by atoms with E-state index in [1.807, 2.05) is 57.2 Å². The highest BCUT2D eigenvalue weighted by Crippen LogP contribution is 2.38. The normalized spacial score (nSPS) is 14.6. The van der Waals surface area contributed by atoms with E-state index in [1.54, 1.807) is 18.2 Å². The summed E-state index contributed by atoms with van der Waals surface area (Å²) in [7, 11) is -4.01. The molecule has 204 valence electrons. The molecule has 0 saturated heterocycles. The van der Waals surface area contributed by atoms with Crippen LogP contribution in [0.25, 0.3) is 0 Å². The van der Waals surface area contributed by atoms with E-state index in [-0.39, 0.29) is 39.5 Å². The summed E-state index contributed by atoms with van der Waals surface area (Å²) in [6.07, 6.45) is 1.57. The quantitative estimate of drug-likeness (QED) is 0.303. The second-order valence-corrected chi connectivity index (χ2v) is 12.3. The zero-order chi connectivity index (χ0) is 28.4. The molecule has 4 aromatic carbocycles. The van der Waals surface area contributed by atoms with Gasteiger partial charge in [0.25, 0.3) is 11.8 Å². The Morgan fingerprint density at radius 3 is 2.38 bits per heavy atom. The molecular formula is C33H32N2O4S. The highest BCUT2D eigenvalue weighted by molar-refractivity contribution is 7.91. The van der Waals surface area contributed by atoms with Crippen LogP contribution in [0.15, 0.2) is 101 Å². The Morgan fingerprint density at radius 2 is 1.60 bits per heavy atom. The van der Waals surface area contributed by atoms with E-state index in [1.165, 1.54) is 34.7 Å². The minimum Gasteiger partial charge on any atom is -0.350 e. The van der Waals surface area contributed by atoms with E-state index in [9.17, 15) is 18.0 Å². The zero-order valence-electron chi connectivity index (χ0n) is 22.8. The monoisotopic (exact) mass is 552 g/mol. The molecule has 0 fully saturated rings. The number of nitrogens with zero attached hydrogens (tertiary/aromatic N) is 1. The molecule has 1 unspecified atom stereocenters. The summed E-state index contributed by atoms with van der Waals surface area (Å²) in [5, 5.41) is 3.03. The summed E-state index contributed by atoms with van der Waals surface area (Å²) < 4.78 is 27.6. The van der Waals surface area contributed by atoms with Crippen molar-refractivity contribution < 1.29 is 18.0 Å². The lowest BCUT2D eigenvalue weighted by Crippen LogP contribution is -2.34. The van der Waals surface area contributed by atoms with Crippen molar-refractivity contribution in [2.24, 2.45) is 0 Å². The highest BCUT2D eigenvalue weighted by Gasteiger charge is 2.36. The summed E-state index contributed by atoms with van der Waals surface area (Å²) in [5.41, 5.74) is 4.73. The van der Waals surface area contributed by atoms with Crippen molar-refractivity contribution in [1.82, 2.24) is 5.32 Å². The number of fused-ring (bicyclic) bond motifs is 2. The maximum absolute atomic E-state index is 13.9. The number of sulfone groups is 1. The van der Waals surface area contributed by atoms with Gasteiger partial charge in [0.15, 0.2) is 0 Å². The van der Waals surface area contributed by atoms with Crippen LogP contribution in [0, 0.1) is 13.8 Å². The van der Waals surface area contributed by atoms with Crippen molar-refractivity contribution >= 4 is 27.3 Å². The molecule has 40 heavy (non-hydrogen) atoms. The average Bonchev–Trinajstić information content (AvgIpc) is 3.02. The highest BCUT2D eigenvalue weighted by atomic mass is 32.2. The van der Waals surface area contributed by atoms with Crippen LogP contribution in [-0.4, -0.2) is 26.3 Å². The number of amides is 2. The van der Waals surface area contributed by atoms with Gasteiger partial charge in [-0.1, -0.05) is 66.2 Å². The molecule has 1 aliphatic rings. The lowest BCUT2D eigenvalue weighted by Gasteiger charge is -2.25. The van der Waals surface area contributed by atoms with Gasteiger partial charge in [0, 0.05) is 11.6 Å². The van der Waals surface area contributed by atoms with Crippen LogP contribution in [0.3, 0.4) is 0 Å². The Kier molecular flexibility index (Phi) is 7.59. The van der Waals surface area contributed by atoms with Gasteiger partial charge in [-0.15, -0.1) is 0 Å². The van der Waals surface area contributed by atoms with E-state index >= 15 is 0 Å². The summed E-state index contributed by atoms with van der Waals surface area (Å²) in [5.74, 6) is -0.741. The van der Waals surface area contributed by atoms with Crippen molar-refractivity contribution in [2.75, 3.05) is 4.90 Å². The predicted octanol–water partition coefficient (Wildman–Crippen LogP) is 6.05. The molecule has 0 spiro atoms. The first kappa shape index (κ1) is 27.3. The van der Waals surface area contributed by atoms with Gasteiger partial charge < -0.3 is 10.2 Å². The number of hydrogen-bond acceptors (Lipinski definition) is 4. The van der Waals surface area contributed by atoms with Crippen LogP contribution in [0.5, 0.6) is 0 Å². The third kappa shape index (κ3) is 5.42. The number of anilines is 1. The zero-order valence-corrected chi connectivity index (χ0v) is 23.7. The molecule has 0 bridgehead atoms. The number of carbonyl (C=O) groups is 2. The van der Waals surface area contributed by atoms with E-state index in [4.69, 9.17) is 0 Å². The minimum atomic E-state index is -4.01. The van der Waals surface area contributed by atoms with Gasteiger partial charge in [0.2, 0.25) is 9.84 Å². The van der Waals surface area contributed by atoms with Crippen LogP contribution in [-0.2, 0) is 22.8 Å². The lowest BCUT2D eigenvalue weighted by molar-refractivity contribution is 0.0935. The first-order chi connectivity index (χ1) is 19.1. The molecule has 1 aliphatic heterocycles. The smallest absolute Gasteiger partial charge is 0.259 e. The first-order valence-corrected chi connectivity index (χ1v) is 14.8. The lowest BCUT2D eigenvalue weighted by atomic mass is 10.0. The average molecular weight is 553 g/mol. The molecule has 0 saturated carbocycles. The van der Waals surface area contributed by atoms with Crippen molar-refractivity contribution in [3.8, 4) is 0 Å². The fourth-order valence-electron chi connectivity index (χ4n) is 5.05. The predicted molar refractivity (Wildman–Crippen MR) is 156 cm³/mol. The minimum absolute atomic E-state index is 0.00443. The van der Waals surface area contributed by atoms with Crippen molar-refractivity contribution in [3.05, 3.63) is 124 Å². The van der Waals surface area contributed by atoms with Crippen LogP contribution in [0.1, 0.15) is 56.3 Å². The summed E-state index contributed by atoms with van der Waals surface area (Å²) in [4.78, 5) is 28.7. The van der Waals surface area contributed by atoms with Crippen LogP contribution >= 0.6 is 0 Å². The molecule has 1 heterocycles. The van der Waals surface area contributed by atoms with E-state index in [0.29, 0.717) is 5.56 Å². The molecule has 7 heteroatoms. The second kappa shape index (κ2) is 11.1. The molecule has 0 radical (unpaired) electrons. The first-order valence-electron chi connectivity index (χ1n) is 13.4. The number of carbonyl (C=O) groups excluding carboxylic acids is 2. The van der Waals surface area contributed by atoms with E-state index in [2.05, 4.69) is 17.4 Å². The van der Waals surface area contributed by atoms with Gasteiger partial charge in [-0.25, -0.2) is 8.42 Å². The molecule has 0 aromatic heterocycles. The van der Waals surface area contributed by atoms with Crippen LogP contribution < -0.4 is 10.2 Å². The topological polar surface area (TPSA) is 83.6 Å². The molecular weight excluding hydrogens is 520 g/mol. The van der Waals surface area contributed by atoms with Gasteiger partial charge in [0.05, 0.1) is 27.6 Å². The molecule has 6 nitrogen and oxygen atoms in total. The molecule has 4 aromatic rings. The molecule has 1 atom stereocenters. The molecule has 1 N–H and O–H groups in total. The standard InChI is InChI=1S/C33H32N2O4S/c1-22-13-14-23(2)27(19-22)21-35-29-20-26(32(36)34-24(3)15-16-25-9-5-4-6-10-25)17-18-31(29)40(38,39)30-12-8-7-11-28(30)33(35)37/h4-14,17-20,24H,15-16,21H2,1-3H3,(H,34,36). The number of aryl methyl sites for hydroxylation is 3. The number of rotatable bonds is 7. The summed E-state index contributed by atoms with van der Waals surface area (Å²) in [6.45, 7) is 6.05. The number of hydrogen-bond donors (Lipinski definition) is 1. The van der Waals surface area contributed by atoms with Crippen LogP contribution in [0.2, 0.25) is 0 Å². The Labute approximate surface area is 235 Å². The Morgan fingerprint density at radius 1 is 0.875 bits per heavy atom. The van der Waals surface area contributed by atoms with Crippen molar-refractivity contribution in [2.45, 2.75) is 56.0 Å². The van der Waals surface area contributed by atoms with E-state index < -0.39 is 15.7 Å². The van der Waals surface area contributed by atoms with Gasteiger partial charge in [-0.3, -0.25) is 9.59 Å². The molecule has 5 rings (SSSR count). The van der Waals surface area contributed by atoms with E-state index in [0.717, 1.165) is 29.5 Å². The number of nitrogens with one attached hydrogen (secondary N) is 1. The van der Waals surface area contributed by atoms with Crippen molar-refractivity contribution in [3.63, 3.8) is 0 Å². The fraction of sp³-hybridized carbons (Fsp3) is 0.212. The number of benzene rings is 4. The Hall–Kier alpha value is -4.23. The van der Waals surface area contributed by atoms with Gasteiger partial charge in [0.1, 0.15) is 0 Å².